The molecular formula is C15H21NO3. The summed E-state index contributed by atoms with van der Waals surface area (Å²) in [7, 11) is 0. The normalized spacial score (nSPS) is 11.9. The summed E-state index contributed by atoms with van der Waals surface area (Å²) in [6.45, 7) is 6.27. The van der Waals surface area contributed by atoms with E-state index < -0.39 is 11.9 Å². The number of nitrogens with zero attached hydrogens (tertiary/aromatic N) is 1. The minimum absolute atomic E-state index is 0.0283. The van der Waals surface area contributed by atoms with Gasteiger partial charge in [-0.15, -0.1) is 0 Å². The summed E-state index contributed by atoms with van der Waals surface area (Å²) in [5.74, 6) is -1.44. The fraction of sp³-hybridized carbons (Fsp3) is 0.467. The third-order valence-corrected chi connectivity index (χ3v) is 3.13. The van der Waals surface area contributed by atoms with Gasteiger partial charge in [-0.25, -0.2) is 0 Å². The lowest BCUT2D eigenvalue weighted by molar-refractivity contribution is -0.142. The summed E-state index contributed by atoms with van der Waals surface area (Å²) in [6.07, 6.45) is 0.320. The van der Waals surface area contributed by atoms with Gasteiger partial charge in [-0.3, -0.25) is 9.59 Å². The van der Waals surface area contributed by atoms with Crippen LogP contribution >= 0.6 is 0 Å². The molecule has 19 heavy (non-hydrogen) atoms. The summed E-state index contributed by atoms with van der Waals surface area (Å²) in [5, 5.41) is 8.89. The molecule has 0 heterocycles. The maximum absolute atomic E-state index is 12.1. The molecule has 0 spiro atoms. The van der Waals surface area contributed by atoms with Gasteiger partial charge in [0.1, 0.15) is 0 Å². The Morgan fingerprint density at radius 3 is 2.32 bits per heavy atom. The van der Waals surface area contributed by atoms with Crippen LogP contribution < -0.4 is 0 Å². The third-order valence-electron chi connectivity index (χ3n) is 3.13. The van der Waals surface area contributed by atoms with Crippen molar-refractivity contribution in [2.45, 2.75) is 27.2 Å². The molecule has 0 aromatic heterocycles. The zero-order chi connectivity index (χ0) is 14.4. The van der Waals surface area contributed by atoms with Crippen molar-refractivity contribution in [3.05, 3.63) is 35.4 Å². The van der Waals surface area contributed by atoms with Gasteiger partial charge >= 0.3 is 5.97 Å². The lowest BCUT2D eigenvalue weighted by Gasteiger charge is -2.23. The fourth-order valence-electron chi connectivity index (χ4n) is 1.81. The van der Waals surface area contributed by atoms with E-state index in [1.165, 1.54) is 0 Å². The first kappa shape index (κ1) is 15.2. The van der Waals surface area contributed by atoms with Crippen LogP contribution in [0, 0.1) is 12.8 Å². The van der Waals surface area contributed by atoms with E-state index in [4.69, 9.17) is 5.11 Å². The second-order valence-electron chi connectivity index (χ2n) is 4.83. The van der Waals surface area contributed by atoms with Gasteiger partial charge in [0, 0.05) is 13.1 Å². The highest BCUT2D eigenvalue weighted by atomic mass is 16.4. The van der Waals surface area contributed by atoms with Crippen LogP contribution in [-0.4, -0.2) is 35.0 Å². The van der Waals surface area contributed by atoms with Gasteiger partial charge in [-0.05, 0) is 19.4 Å². The van der Waals surface area contributed by atoms with Gasteiger partial charge in [0.15, 0.2) is 0 Å². The van der Waals surface area contributed by atoms with Crippen LogP contribution in [0.15, 0.2) is 24.3 Å². The topological polar surface area (TPSA) is 57.6 Å². The van der Waals surface area contributed by atoms with Gasteiger partial charge < -0.3 is 10.0 Å². The van der Waals surface area contributed by atoms with Crippen molar-refractivity contribution < 1.29 is 14.7 Å². The zero-order valence-electron chi connectivity index (χ0n) is 11.7. The molecule has 104 valence electrons. The molecule has 0 aliphatic heterocycles. The smallest absolute Gasteiger partial charge is 0.308 e. The van der Waals surface area contributed by atoms with E-state index in [1.54, 1.807) is 11.8 Å². The summed E-state index contributed by atoms with van der Waals surface area (Å²) < 4.78 is 0. The summed E-state index contributed by atoms with van der Waals surface area (Å²) in [4.78, 5) is 24.5. The van der Waals surface area contributed by atoms with Gasteiger partial charge in [0.05, 0.1) is 12.3 Å². The molecule has 1 atom stereocenters. The molecule has 1 rings (SSSR count). The second-order valence-corrected chi connectivity index (χ2v) is 4.83. The molecule has 4 nitrogen and oxygen atoms in total. The molecule has 0 bridgehead atoms. The van der Waals surface area contributed by atoms with E-state index in [9.17, 15) is 9.59 Å². The Hall–Kier alpha value is -1.84. The number of rotatable bonds is 6. The van der Waals surface area contributed by atoms with Crippen molar-refractivity contribution in [3.8, 4) is 0 Å². The SMILES string of the molecule is CCN(CC(C)C(=O)O)C(=O)Cc1ccc(C)cc1. The minimum Gasteiger partial charge on any atom is -0.481 e. The van der Waals surface area contributed by atoms with Crippen molar-refractivity contribution in [1.29, 1.82) is 0 Å². The molecule has 0 fully saturated rings. The Balaban J connectivity index is 2.63. The van der Waals surface area contributed by atoms with E-state index in [2.05, 4.69) is 0 Å². The van der Waals surface area contributed by atoms with Gasteiger partial charge in [-0.2, -0.15) is 0 Å². The molecule has 0 radical (unpaired) electrons. The number of aliphatic carboxylic acids is 1. The first-order chi connectivity index (χ1) is 8.93. The molecule has 0 saturated heterocycles. The van der Waals surface area contributed by atoms with Crippen LogP contribution in [0.1, 0.15) is 25.0 Å². The molecule has 4 heteroatoms. The van der Waals surface area contributed by atoms with Crippen LogP contribution in [0.2, 0.25) is 0 Å². The van der Waals surface area contributed by atoms with Crippen LogP contribution in [0.5, 0.6) is 0 Å². The average Bonchev–Trinajstić information content (AvgIpc) is 2.38. The van der Waals surface area contributed by atoms with Crippen LogP contribution in [0.3, 0.4) is 0 Å². The number of hydrogen-bond acceptors (Lipinski definition) is 2. The highest BCUT2D eigenvalue weighted by Crippen LogP contribution is 2.08. The number of carboxylic acid groups (broad SMARTS) is 1. The van der Waals surface area contributed by atoms with Crippen molar-refractivity contribution in [3.63, 3.8) is 0 Å². The third kappa shape index (κ3) is 4.73. The first-order valence-electron chi connectivity index (χ1n) is 6.50. The van der Waals surface area contributed by atoms with Crippen LogP contribution in [-0.2, 0) is 16.0 Å². The summed E-state index contributed by atoms with van der Waals surface area (Å²) in [6, 6.07) is 7.81. The molecule has 0 saturated carbocycles. The van der Waals surface area contributed by atoms with E-state index >= 15 is 0 Å². The Kier molecular flexibility index (Phi) is 5.55. The van der Waals surface area contributed by atoms with Crippen LogP contribution in [0.25, 0.3) is 0 Å². The van der Waals surface area contributed by atoms with E-state index in [0.717, 1.165) is 11.1 Å². The number of amides is 1. The van der Waals surface area contributed by atoms with E-state index in [-0.39, 0.29) is 12.5 Å². The fourth-order valence-corrected chi connectivity index (χ4v) is 1.81. The molecular weight excluding hydrogens is 242 g/mol. The predicted octanol–water partition coefficient (Wildman–Crippen LogP) is 2.11. The number of carbonyl (C=O) groups excluding carboxylic acids is 1. The lowest BCUT2D eigenvalue weighted by atomic mass is 10.1. The van der Waals surface area contributed by atoms with Gasteiger partial charge in [-0.1, -0.05) is 36.8 Å². The van der Waals surface area contributed by atoms with Crippen LogP contribution in [0.4, 0.5) is 0 Å². The highest BCUT2D eigenvalue weighted by Gasteiger charge is 2.19. The molecule has 1 N–H and O–H groups in total. The van der Waals surface area contributed by atoms with Gasteiger partial charge in [0.2, 0.25) is 5.91 Å². The highest BCUT2D eigenvalue weighted by molar-refractivity contribution is 5.79. The quantitative estimate of drug-likeness (QED) is 0.855. The minimum atomic E-state index is -0.874. The molecule has 1 aromatic rings. The lowest BCUT2D eigenvalue weighted by Crippen LogP contribution is -2.37. The average molecular weight is 263 g/mol. The number of aryl methyl sites for hydroxylation is 1. The van der Waals surface area contributed by atoms with E-state index in [1.807, 2.05) is 38.1 Å². The van der Waals surface area contributed by atoms with Gasteiger partial charge in [0.25, 0.3) is 0 Å². The Labute approximate surface area is 114 Å². The number of carbonyl (C=O) groups is 2. The monoisotopic (exact) mass is 263 g/mol. The first-order valence-corrected chi connectivity index (χ1v) is 6.50. The summed E-state index contributed by atoms with van der Waals surface area (Å²) >= 11 is 0. The molecule has 1 amide bonds. The number of benzene rings is 1. The number of hydrogen-bond donors (Lipinski definition) is 1. The largest absolute Gasteiger partial charge is 0.481 e. The summed E-state index contributed by atoms with van der Waals surface area (Å²) in [5.41, 5.74) is 2.11. The van der Waals surface area contributed by atoms with Crippen molar-refractivity contribution in [2.75, 3.05) is 13.1 Å². The maximum Gasteiger partial charge on any atom is 0.308 e. The Morgan fingerprint density at radius 1 is 1.26 bits per heavy atom. The number of likely N-dealkylation sites (N-methyl/N-ethyl adjacent to an activating group) is 1. The van der Waals surface area contributed by atoms with Crippen molar-refractivity contribution in [2.24, 2.45) is 5.92 Å². The molecule has 1 aromatic carbocycles. The maximum atomic E-state index is 12.1. The van der Waals surface area contributed by atoms with E-state index in [0.29, 0.717) is 13.0 Å². The molecule has 0 aliphatic rings. The molecule has 1 unspecified atom stereocenters. The van der Waals surface area contributed by atoms with Crippen molar-refractivity contribution >= 4 is 11.9 Å². The predicted molar refractivity (Wildman–Crippen MR) is 73.9 cm³/mol. The standard InChI is InChI=1S/C15H21NO3/c1-4-16(10-12(3)15(18)19)14(17)9-13-7-5-11(2)6-8-13/h5-8,12H,4,9-10H2,1-3H3,(H,18,19). The number of carboxylic acids is 1. The molecule has 0 aliphatic carbocycles. The second kappa shape index (κ2) is 6.92. The Bertz CT molecular complexity index is 439. The van der Waals surface area contributed by atoms with Crippen molar-refractivity contribution in [1.82, 2.24) is 4.90 Å². The Morgan fingerprint density at radius 2 is 1.84 bits per heavy atom. The zero-order valence-corrected chi connectivity index (χ0v) is 11.7.